The van der Waals surface area contributed by atoms with E-state index in [4.69, 9.17) is 9.84 Å². The number of aliphatic hydroxyl groups is 3. The van der Waals surface area contributed by atoms with Crippen LogP contribution in [0.2, 0.25) is 0 Å². The number of fused-ring (bicyclic) bond motifs is 1. The lowest BCUT2D eigenvalue weighted by Gasteiger charge is -2.16. The highest BCUT2D eigenvalue weighted by Crippen LogP contribution is 2.31. The van der Waals surface area contributed by atoms with Crippen molar-refractivity contribution in [2.75, 3.05) is 6.61 Å². The first kappa shape index (κ1) is 13.1. The van der Waals surface area contributed by atoms with Gasteiger partial charge in [0.2, 0.25) is 0 Å². The summed E-state index contributed by atoms with van der Waals surface area (Å²) in [6.45, 7) is 3.21. The first-order chi connectivity index (χ1) is 9.65. The molecule has 1 fully saturated rings. The third kappa shape index (κ3) is 1.90. The van der Waals surface area contributed by atoms with E-state index in [1.54, 1.807) is 0 Å². The summed E-state index contributed by atoms with van der Waals surface area (Å²) >= 11 is 0. The SMILES string of the molecule is C=Cc1ncc2ncn([C@@H]3O[C@H](CO)[C@@H](O)[C@H]3O)c2n1. The molecule has 1 saturated heterocycles. The Morgan fingerprint density at radius 2 is 2.15 bits per heavy atom. The van der Waals surface area contributed by atoms with Crippen molar-refractivity contribution in [2.45, 2.75) is 24.5 Å². The fourth-order valence-electron chi connectivity index (χ4n) is 2.23. The Hall–Kier alpha value is -1.87. The molecule has 0 aliphatic carbocycles. The first-order valence-electron chi connectivity index (χ1n) is 6.10. The van der Waals surface area contributed by atoms with Crippen molar-refractivity contribution in [3.63, 3.8) is 0 Å². The maximum absolute atomic E-state index is 10.0. The summed E-state index contributed by atoms with van der Waals surface area (Å²) in [6.07, 6.45) is 0.445. The van der Waals surface area contributed by atoms with Crippen molar-refractivity contribution in [3.8, 4) is 0 Å². The van der Waals surface area contributed by atoms with Crippen molar-refractivity contribution in [3.05, 3.63) is 24.9 Å². The van der Waals surface area contributed by atoms with E-state index in [1.807, 2.05) is 0 Å². The van der Waals surface area contributed by atoms with Crippen molar-refractivity contribution in [2.24, 2.45) is 0 Å². The predicted molar refractivity (Wildman–Crippen MR) is 68.4 cm³/mol. The fourth-order valence-corrected chi connectivity index (χ4v) is 2.23. The minimum absolute atomic E-state index is 0.381. The number of aromatic nitrogens is 4. The van der Waals surface area contributed by atoms with Gasteiger partial charge in [-0.15, -0.1) is 0 Å². The zero-order chi connectivity index (χ0) is 14.3. The van der Waals surface area contributed by atoms with E-state index in [0.29, 0.717) is 17.0 Å². The second-order valence-electron chi connectivity index (χ2n) is 4.52. The number of imidazole rings is 1. The average molecular weight is 278 g/mol. The van der Waals surface area contributed by atoms with Crippen LogP contribution in [-0.4, -0.2) is 59.8 Å². The summed E-state index contributed by atoms with van der Waals surface area (Å²) in [5.74, 6) is 0.422. The Morgan fingerprint density at radius 3 is 2.80 bits per heavy atom. The van der Waals surface area contributed by atoms with Crippen LogP contribution in [0.1, 0.15) is 12.1 Å². The maximum Gasteiger partial charge on any atom is 0.166 e. The van der Waals surface area contributed by atoms with Crippen LogP contribution in [0.5, 0.6) is 0 Å². The lowest BCUT2D eigenvalue weighted by atomic mass is 10.1. The highest BCUT2D eigenvalue weighted by atomic mass is 16.6. The van der Waals surface area contributed by atoms with Gasteiger partial charge in [-0.2, -0.15) is 0 Å². The van der Waals surface area contributed by atoms with Gasteiger partial charge in [0.05, 0.1) is 19.1 Å². The van der Waals surface area contributed by atoms with Crippen molar-refractivity contribution in [1.82, 2.24) is 19.5 Å². The van der Waals surface area contributed by atoms with Crippen LogP contribution in [0.3, 0.4) is 0 Å². The largest absolute Gasteiger partial charge is 0.394 e. The molecular formula is C12H14N4O4. The Labute approximate surface area is 114 Å². The van der Waals surface area contributed by atoms with E-state index in [2.05, 4.69) is 21.5 Å². The molecule has 106 valence electrons. The molecule has 0 aromatic carbocycles. The maximum atomic E-state index is 10.0. The quantitative estimate of drug-likeness (QED) is 0.665. The van der Waals surface area contributed by atoms with Crippen molar-refractivity contribution >= 4 is 17.2 Å². The van der Waals surface area contributed by atoms with E-state index in [1.165, 1.54) is 23.2 Å². The van der Waals surface area contributed by atoms with Crippen LogP contribution in [0.4, 0.5) is 0 Å². The third-order valence-corrected chi connectivity index (χ3v) is 3.31. The van der Waals surface area contributed by atoms with Crippen LogP contribution >= 0.6 is 0 Å². The van der Waals surface area contributed by atoms with Crippen LogP contribution in [0, 0.1) is 0 Å². The summed E-state index contributed by atoms with van der Waals surface area (Å²) in [4.78, 5) is 12.4. The minimum atomic E-state index is -1.17. The Balaban J connectivity index is 2.04. The van der Waals surface area contributed by atoms with E-state index in [-0.39, 0.29) is 6.61 Å². The summed E-state index contributed by atoms with van der Waals surface area (Å²) < 4.78 is 6.96. The van der Waals surface area contributed by atoms with Crippen LogP contribution in [0.25, 0.3) is 17.2 Å². The highest BCUT2D eigenvalue weighted by molar-refractivity contribution is 5.70. The van der Waals surface area contributed by atoms with Gasteiger partial charge in [-0.1, -0.05) is 6.58 Å². The van der Waals surface area contributed by atoms with Gasteiger partial charge in [0.15, 0.2) is 17.7 Å². The van der Waals surface area contributed by atoms with Gasteiger partial charge in [-0.3, -0.25) is 4.57 Å². The molecule has 8 nitrogen and oxygen atoms in total. The molecular weight excluding hydrogens is 264 g/mol. The zero-order valence-electron chi connectivity index (χ0n) is 10.5. The molecule has 0 saturated carbocycles. The minimum Gasteiger partial charge on any atom is -0.394 e. The number of hydrogen-bond donors (Lipinski definition) is 3. The molecule has 0 amide bonds. The smallest absolute Gasteiger partial charge is 0.166 e. The molecule has 20 heavy (non-hydrogen) atoms. The lowest BCUT2D eigenvalue weighted by Crippen LogP contribution is -2.33. The van der Waals surface area contributed by atoms with E-state index in [9.17, 15) is 10.2 Å². The van der Waals surface area contributed by atoms with Gasteiger partial charge in [-0.05, 0) is 6.08 Å². The van der Waals surface area contributed by atoms with Crippen LogP contribution in [0.15, 0.2) is 19.1 Å². The Bertz CT molecular complexity index is 643. The molecule has 0 spiro atoms. The molecule has 1 aliphatic heterocycles. The van der Waals surface area contributed by atoms with Crippen molar-refractivity contribution in [1.29, 1.82) is 0 Å². The number of hydrogen-bond acceptors (Lipinski definition) is 7. The Kier molecular flexibility index (Phi) is 3.22. The van der Waals surface area contributed by atoms with Crippen molar-refractivity contribution < 1.29 is 20.1 Å². The van der Waals surface area contributed by atoms with Gasteiger partial charge in [0, 0.05) is 0 Å². The fraction of sp³-hybridized carbons (Fsp3) is 0.417. The number of nitrogens with zero attached hydrogens (tertiary/aromatic N) is 4. The van der Waals surface area contributed by atoms with E-state index in [0.717, 1.165) is 0 Å². The predicted octanol–water partition coefficient (Wildman–Crippen LogP) is -0.919. The number of ether oxygens (including phenoxy) is 1. The summed E-state index contributed by atoms with van der Waals surface area (Å²) in [5, 5.41) is 28.9. The first-order valence-corrected chi connectivity index (χ1v) is 6.10. The summed E-state index contributed by atoms with van der Waals surface area (Å²) in [7, 11) is 0. The molecule has 4 atom stereocenters. The lowest BCUT2D eigenvalue weighted by molar-refractivity contribution is -0.0511. The monoisotopic (exact) mass is 278 g/mol. The van der Waals surface area contributed by atoms with Gasteiger partial charge in [-0.25, -0.2) is 15.0 Å². The number of rotatable bonds is 3. The average Bonchev–Trinajstić information content (AvgIpc) is 3.01. The van der Waals surface area contributed by atoms with Gasteiger partial charge in [0.25, 0.3) is 0 Å². The van der Waals surface area contributed by atoms with Gasteiger partial charge < -0.3 is 20.1 Å². The topological polar surface area (TPSA) is 114 Å². The molecule has 2 aromatic heterocycles. The molecule has 3 heterocycles. The zero-order valence-corrected chi connectivity index (χ0v) is 10.5. The van der Waals surface area contributed by atoms with Gasteiger partial charge in [0.1, 0.15) is 23.8 Å². The molecule has 3 rings (SSSR count). The third-order valence-electron chi connectivity index (χ3n) is 3.31. The second kappa shape index (κ2) is 4.91. The molecule has 8 heteroatoms. The summed E-state index contributed by atoms with van der Waals surface area (Å²) in [6, 6.07) is 0. The highest BCUT2D eigenvalue weighted by Gasteiger charge is 2.43. The van der Waals surface area contributed by atoms with E-state index < -0.39 is 24.5 Å². The molecule has 3 N–H and O–H groups in total. The molecule has 0 unspecified atom stereocenters. The standard InChI is InChI=1S/C12H14N4O4/c1-2-8-13-3-6-11(15-8)16(5-14-6)12-10(19)9(18)7(4-17)20-12/h2-3,5,7,9-10,12,17-19H,1,4H2/t7-,9-,10-,12-/m1/s1. The molecule has 1 aliphatic rings. The summed E-state index contributed by atoms with van der Waals surface area (Å²) in [5.41, 5.74) is 0.998. The normalized spacial score (nSPS) is 29.9. The second-order valence-corrected chi connectivity index (χ2v) is 4.52. The molecule has 0 bridgehead atoms. The molecule has 0 radical (unpaired) electrons. The van der Waals surface area contributed by atoms with Gasteiger partial charge >= 0.3 is 0 Å². The van der Waals surface area contributed by atoms with Crippen LogP contribution in [-0.2, 0) is 4.74 Å². The number of aliphatic hydroxyl groups excluding tert-OH is 3. The van der Waals surface area contributed by atoms with Crippen LogP contribution < -0.4 is 0 Å². The van der Waals surface area contributed by atoms with E-state index >= 15 is 0 Å². The molecule has 2 aromatic rings. The Morgan fingerprint density at radius 1 is 1.35 bits per heavy atom.